The Morgan fingerprint density at radius 2 is 1.58 bits per heavy atom. The van der Waals surface area contributed by atoms with Crippen LogP contribution in [-0.2, 0) is 11.2 Å². The van der Waals surface area contributed by atoms with Gasteiger partial charge >= 0.3 is 11.9 Å². The first-order valence-electron chi connectivity index (χ1n) is 10.3. The zero-order valence-electron chi connectivity index (χ0n) is 17.7. The van der Waals surface area contributed by atoms with Crippen molar-refractivity contribution >= 4 is 11.9 Å². The molecule has 0 saturated carbocycles. The average Bonchev–Trinajstić information content (AvgIpc) is 2.78. The summed E-state index contributed by atoms with van der Waals surface area (Å²) < 4.78 is 16.6. The molecule has 0 radical (unpaired) electrons. The fraction of sp³-hybridized carbons (Fsp3) is 0.231. The maximum absolute atomic E-state index is 12.7. The molecule has 0 saturated heterocycles. The SMILES string of the molecule is CC(C)COC(=O)c1cccc(OC(=O)c2ccccc2OCCc2ccccc2)c1. The van der Waals surface area contributed by atoms with Crippen molar-refractivity contribution < 1.29 is 23.8 Å². The predicted octanol–water partition coefficient (Wildman–Crippen LogP) is 5.34. The van der Waals surface area contributed by atoms with Crippen molar-refractivity contribution in [2.75, 3.05) is 13.2 Å². The van der Waals surface area contributed by atoms with Gasteiger partial charge in [0.1, 0.15) is 17.1 Å². The molecule has 0 bridgehead atoms. The first kappa shape index (κ1) is 22.1. The van der Waals surface area contributed by atoms with Crippen LogP contribution in [0.5, 0.6) is 11.5 Å². The molecule has 0 heterocycles. The van der Waals surface area contributed by atoms with Gasteiger partial charge in [-0.1, -0.05) is 62.4 Å². The number of para-hydroxylation sites is 1. The number of esters is 2. The van der Waals surface area contributed by atoms with Crippen molar-refractivity contribution in [3.05, 3.63) is 95.6 Å². The molecule has 160 valence electrons. The standard InChI is InChI=1S/C26H26O5/c1-19(2)18-30-25(27)21-11-8-12-22(17-21)31-26(28)23-13-6-7-14-24(23)29-16-15-20-9-4-3-5-10-20/h3-14,17,19H,15-16,18H2,1-2H3. The van der Waals surface area contributed by atoms with Gasteiger partial charge in [0.05, 0.1) is 18.8 Å². The molecule has 0 spiro atoms. The molecule has 0 atom stereocenters. The second-order valence-corrected chi connectivity index (χ2v) is 7.49. The van der Waals surface area contributed by atoms with E-state index in [0.29, 0.717) is 30.1 Å². The predicted molar refractivity (Wildman–Crippen MR) is 119 cm³/mol. The summed E-state index contributed by atoms with van der Waals surface area (Å²) in [5.74, 6) is -0.0402. The lowest BCUT2D eigenvalue weighted by molar-refractivity contribution is 0.0457. The van der Waals surface area contributed by atoms with E-state index in [4.69, 9.17) is 14.2 Å². The zero-order chi connectivity index (χ0) is 22.1. The van der Waals surface area contributed by atoms with Crippen LogP contribution in [0.25, 0.3) is 0 Å². The minimum absolute atomic E-state index is 0.239. The maximum Gasteiger partial charge on any atom is 0.347 e. The molecule has 0 unspecified atom stereocenters. The molecule has 0 aliphatic carbocycles. The van der Waals surface area contributed by atoms with Crippen molar-refractivity contribution in [3.63, 3.8) is 0 Å². The topological polar surface area (TPSA) is 61.8 Å². The molecule has 3 aromatic carbocycles. The minimum Gasteiger partial charge on any atom is -0.492 e. The molecule has 5 heteroatoms. The number of carbonyl (C=O) groups excluding carboxylic acids is 2. The van der Waals surface area contributed by atoms with Crippen LogP contribution in [0.15, 0.2) is 78.9 Å². The van der Waals surface area contributed by atoms with Crippen LogP contribution >= 0.6 is 0 Å². The summed E-state index contributed by atoms with van der Waals surface area (Å²) in [5.41, 5.74) is 1.81. The molecule has 0 aliphatic heterocycles. The van der Waals surface area contributed by atoms with Crippen LogP contribution in [0.1, 0.15) is 40.1 Å². The van der Waals surface area contributed by atoms with Gasteiger partial charge < -0.3 is 14.2 Å². The highest BCUT2D eigenvalue weighted by Gasteiger charge is 2.16. The highest BCUT2D eigenvalue weighted by atomic mass is 16.5. The van der Waals surface area contributed by atoms with Gasteiger partial charge in [-0.15, -0.1) is 0 Å². The van der Waals surface area contributed by atoms with Crippen molar-refractivity contribution in [2.45, 2.75) is 20.3 Å². The quantitative estimate of drug-likeness (QED) is 0.347. The van der Waals surface area contributed by atoms with Gasteiger partial charge in [-0.3, -0.25) is 0 Å². The van der Waals surface area contributed by atoms with E-state index in [9.17, 15) is 9.59 Å². The number of benzene rings is 3. The molecular weight excluding hydrogens is 392 g/mol. The summed E-state index contributed by atoms with van der Waals surface area (Å²) in [5, 5.41) is 0. The summed E-state index contributed by atoms with van der Waals surface area (Å²) in [4.78, 5) is 24.9. The number of carbonyl (C=O) groups is 2. The largest absolute Gasteiger partial charge is 0.492 e. The van der Waals surface area contributed by atoms with Gasteiger partial charge in [0.25, 0.3) is 0 Å². The van der Waals surface area contributed by atoms with E-state index in [1.54, 1.807) is 42.5 Å². The van der Waals surface area contributed by atoms with Gasteiger partial charge in [0, 0.05) is 6.42 Å². The van der Waals surface area contributed by atoms with Crippen molar-refractivity contribution in [3.8, 4) is 11.5 Å². The lowest BCUT2D eigenvalue weighted by Crippen LogP contribution is -2.13. The number of ether oxygens (including phenoxy) is 3. The Labute approximate surface area is 182 Å². The molecule has 0 N–H and O–H groups in total. The lowest BCUT2D eigenvalue weighted by Gasteiger charge is -2.12. The fourth-order valence-electron chi connectivity index (χ4n) is 2.86. The highest BCUT2D eigenvalue weighted by Crippen LogP contribution is 2.22. The van der Waals surface area contributed by atoms with Gasteiger partial charge in [-0.25, -0.2) is 9.59 Å². The lowest BCUT2D eigenvalue weighted by atomic mass is 10.1. The Morgan fingerprint density at radius 3 is 2.35 bits per heavy atom. The van der Waals surface area contributed by atoms with Crippen LogP contribution < -0.4 is 9.47 Å². The van der Waals surface area contributed by atoms with Crippen molar-refractivity contribution in [1.29, 1.82) is 0 Å². The molecule has 5 nitrogen and oxygen atoms in total. The molecule has 3 aromatic rings. The van der Waals surface area contributed by atoms with Crippen molar-refractivity contribution in [1.82, 2.24) is 0 Å². The molecule has 3 rings (SSSR count). The van der Waals surface area contributed by atoms with Gasteiger partial charge in [-0.2, -0.15) is 0 Å². The molecular formula is C26H26O5. The Balaban J connectivity index is 1.64. The highest BCUT2D eigenvalue weighted by molar-refractivity contribution is 5.94. The van der Waals surface area contributed by atoms with Gasteiger partial charge in [0.15, 0.2) is 0 Å². The van der Waals surface area contributed by atoms with Crippen LogP contribution in [-0.4, -0.2) is 25.2 Å². The second kappa shape index (κ2) is 11.0. The maximum atomic E-state index is 12.7. The first-order chi connectivity index (χ1) is 15.0. The summed E-state index contributed by atoms with van der Waals surface area (Å²) in [6, 6.07) is 23.3. The van der Waals surface area contributed by atoms with E-state index in [2.05, 4.69) is 0 Å². The van der Waals surface area contributed by atoms with Gasteiger partial charge in [0.2, 0.25) is 0 Å². The third-order valence-electron chi connectivity index (χ3n) is 4.43. The number of hydrogen-bond acceptors (Lipinski definition) is 5. The summed E-state index contributed by atoms with van der Waals surface area (Å²) >= 11 is 0. The Kier molecular flexibility index (Phi) is 7.82. The molecule has 0 aliphatic rings. The molecule has 0 aromatic heterocycles. The van der Waals surface area contributed by atoms with Gasteiger partial charge in [-0.05, 0) is 41.8 Å². The first-order valence-corrected chi connectivity index (χ1v) is 10.3. The van der Waals surface area contributed by atoms with E-state index in [-0.39, 0.29) is 11.7 Å². The zero-order valence-corrected chi connectivity index (χ0v) is 17.7. The van der Waals surface area contributed by atoms with Crippen LogP contribution in [0.2, 0.25) is 0 Å². The number of hydrogen-bond donors (Lipinski definition) is 0. The van der Waals surface area contributed by atoms with Crippen LogP contribution in [0.3, 0.4) is 0 Å². The molecule has 0 fully saturated rings. The van der Waals surface area contributed by atoms with E-state index in [0.717, 1.165) is 12.0 Å². The van der Waals surface area contributed by atoms with E-state index in [1.807, 2.05) is 44.2 Å². The fourth-order valence-corrected chi connectivity index (χ4v) is 2.86. The Morgan fingerprint density at radius 1 is 0.839 bits per heavy atom. The normalized spacial score (nSPS) is 10.5. The van der Waals surface area contributed by atoms with E-state index in [1.165, 1.54) is 6.07 Å². The molecule has 31 heavy (non-hydrogen) atoms. The van der Waals surface area contributed by atoms with Crippen LogP contribution in [0, 0.1) is 5.92 Å². The summed E-state index contributed by atoms with van der Waals surface area (Å²) in [7, 11) is 0. The second-order valence-electron chi connectivity index (χ2n) is 7.49. The van der Waals surface area contributed by atoms with E-state index < -0.39 is 11.9 Å². The van der Waals surface area contributed by atoms with E-state index >= 15 is 0 Å². The van der Waals surface area contributed by atoms with Crippen LogP contribution in [0.4, 0.5) is 0 Å². The Hall–Kier alpha value is -3.60. The number of rotatable bonds is 9. The third-order valence-corrected chi connectivity index (χ3v) is 4.43. The monoisotopic (exact) mass is 418 g/mol. The smallest absolute Gasteiger partial charge is 0.347 e. The Bertz CT molecular complexity index is 1010. The summed E-state index contributed by atoms with van der Waals surface area (Å²) in [6.45, 7) is 4.69. The summed E-state index contributed by atoms with van der Waals surface area (Å²) in [6.07, 6.45) is 0.727. The molecule has 0 amide bonds. The van der Waals surface area contributed by atoms with Crippen molar-refractivity contribution in [2.24, 2.45) is 5.92 Å². The minimum atomic E-state index is -0.553. The third kappa shape index (κ3) is 6.71. The average molecular weight is 418 g/mol.